The van der Waals surface area contributed by atoms with Gasteiger partial charge in [0.15, 0.2) is 5.84 Å². The highest BCUT2D eigenvalue weighted by Crippen LogP contribution is 2.27. The fourth-order valence-corrected chi connectivity index (χ4v) is 2.25. The van der Waals surface area contributed by atoms with E-state index in [-0.39, 0.29) is 29.0 Å². The third kappa shape index (κ3) is 3.37. The van der Waals surface area contributed by atoms with Crippen LogP contribution in [0.5, 0.6) is 0 Å². The van der Waals surface area contributed by atoms with Crippen LogP contribution >= 0.6 is 0 Å². The zero-order valence-corrected chi connectivity index (χ0v) is 11.6. The lowest BCUT2D eigenvalue weighted by Gasteiger charge is -2.21. The number of pyridine rings is 1. The monoisotopic (exact) mass is 295 g/mol. The number of amidine groups is 1. The molecule has 1 saturated heterocycles. The summed E-state index contributed by atoms with van der Waals surface area (Å²) in [5.41, 5.74) is 5.42. The summed E-state index contributed by atoms with van der Waals surface area (Å²) in [4.78, 5) is 16.4. The van der Waals surface area contributed by atoms with E-state index in [4.69, 9.17) is 15.7 Å². The molecule has 21 heavy (non-hydrogen) atoms. The number of nitro groups is 1. The Bertz CT molecular complexity index is 557. The average molecular weight is 295 g/mol. The van der Waals surface area contributed by atoms with Gasteiger partial charge in [-0.15, -0.1) is 0 Å². The molecule has 0 radical (unpaired) electrons. The first-order valence-electron chi connectivity index (χ1n) is 6.48. The van der Waals surface area contributed by atoms with Crippen molar-refractivity contribution in [2.45, 2.75) is 18.9 Å². The Labute approximate surface area is 121 Å². The van der Waals surface area contributed by atoms with Gasteiger partial charge in [0.2, 0.25) is 5.82 Å². The lowest BCUT2D eigenvalue weighted by molar-refractivity contribution is -0.384. The number of aromatic nitrogens is 1. The van der Waals surface area contributed by atoms with Crippen LogP contribution in [0.4, 0.5) is 11.5 Å². The highest BCUT2D eigenvalue weighted by molar-refractivity contribution is 5.97. The molecule has 3 N–H and O–H groups in total. The molecule has 114 valence electrons. The van der Waals surface area contributed by atoms with E-state index in [1.54, 1.807) is 11.9 Å². The van der Waals surface area contributed by atoms with E-state index in [2.05, 4.69) is 10.1 Å². The number of anilines is 1. The second-order valence-corrected chi connectivity index (χ2v) is 4.82. The molecule has 1 aromatic rings. The Morgan fingerprint density at radius 1 is 1.76 bits per heavy atom. The number of rotatable bonds is 5. The number of hydrogen-bond acceptors (Lipinski definition) is 7. The summed E-state index contributed by atoms with van der Waals surface area (Å²) in [6.45, 7) is 1.24. The molecule has 1 aromatic heterocycles. The normalized spacial score (nSPS) is 18.7. The number of hydrogen-bond donors (Lipinski definition) is 2. The average Bonchev–Trinajstić information content (AvgIpc) is 2.98. The van der Waals surface area contributed by atoms with Crippen LogP contribution in [0.25, 0.3) is 0 Å². The standard InChI is InChI=1S/C12H17N5O4/c1-16(7-9-3-2-4-21-9)12-10(17(19)20)5-8(6-14-12)11(13)15-18/h5-6,9,18H,2-4,7H2,1H3,(H2,13,15). The van der Waals surface area contributed by atoms with Crippen molar-refractivity contribution in [1.82, 2.24) is 4.98 Å². The van der Waals surface area contributed by atoms with Gasteiger partial charge in [0.1, 0.15) is 0 Å². The predicted molar refractivity (Wildman–Crippen MR) is 75.6 cm³/mol. The second kappa shape index (κ2) is 6.35. The van der Waals surface area contributed by atoms with Crippen molar-refractivity contribution in [3.05, 3.63) is 27.9 Å². The minimum absolute atomic E-state index is 0.0557. The molecule has 9 heteroatoms. The number of oxime groups is 1. The summed E-state index contributed by atoms with van der Waals surface area (Å²) in [5.74, 6) is 0.00363. The smallest absolute Gasteiger partial charge is 0.312 e. The van der Waals surface area contributed by atoms with Gasteiger partial charge in [0.05, 0.1) is 11.0 Å². The van der Waals surface area contributed by atoms with E-state index in [0.717, 1.165) is 19.4 Å². The summed E-state index contributed by atoms with van der Waals surface area (Å²) < 4.78 is 5.51. The van der Waals surface area contributed by atoms with E-state index in [0.29, 0.717) is 6.54 Å². The molecule has 1 fully saturated rings. The Kier molecular flexibility index (Phi) is 4.53. The van der Waals surface area contributed by atoms with Crippen molar-refractivity contribution in [3.63, 3.8) is 0 Å². The lowest BCUT2D eigenvalue weighted by atomic mass is 10.2. The molecule has 1 aliphatic heterocycles. The molecule has 0 saturated carbocycles. The Morgan fingerprint density at radius 2 is 2.52 bits per heavy atom. The summed E-state index contributed by atoms with van der Waals surface area (Å²) in [6.07, 6.45) is 3.32. The zero-order valence-electron chi connectivity index (χ0n) is 11.6. The fourth-order valence-electron chi connectivity index (χ4n) is 2.25. The first kappa shape index (κ1) is 15.0. The molecule has 1 unspecified atom stereocenters. The van der Waals surface area contributed by atoms with Crippen LogP contribution in [0.3, 0.4) is 0 Å². The molecular formula is C12H17N5O4. The van der Waals surface area contributed by atoms with Crippen LogP contribution in [0.2, 0.25) is 0 Å². The van der Waals surface area contributed by atoms with E-state index >= 15 is 0 Å². The predicted octanol–water partition coefficient (Wildman–Crippen LogP) is 0.699. The topological polar surface area (TPSA) is 127 Å². The van der Waals surface area contributed by atoms with Crippen molar-refractivity contribution in [3.8, 4) is 0 Å². The maximum Gasteiger partial charge on any atom is 0.312 e. The van der Waals surface area contributed by atoms with Crippen LogP contribution in [-0.4, -0.2) is 47.3 Å². The number of ether oxygens (including phenoxy) is 1. The van der Waals surface area contributed by atoms with Gasteiger partial charge in [-0.3, -0.25) is 10.1 Å². The molecule has 1 atom stereocenters. The molecule has 2 heterocycles. The largest absolute Gasteiger partial charge is 0.409 e. The van der Waals surface area contributed by atoms with Crippen molar-refractivity contribution >= 4 is 17.3 Å². The molecule has 1 aliphatic rings. The Morgan fingerprint density at radius 3 is 3.10 bits per heavy atom. The second-order valence-electron chi connectivity index (χ2n) is 4.82. The molecule has 2 rings (SSSR count). The Balaban J connectivity index is 2.27. The van der Waals surface area contributed by atoms with Crippen LogP contribution in [0.15, 0.2) is 17.4 Å². The van der Waals surface area contributed by atoms with Gasteiger partial charge in [0.25, 0.3) is 0 Å². The van der Waals surface area contributed by atoms with E-state index in [9.17, 15) is 10.1 Å². The van der Waals surface area contributed by atoms with Crippen LogP contribution in [0, 0.1) is 10.1 Å². The third-order valence-electron chi connectivity index (χ3n) is 3.31. The number of nitrogens with two attached hydrogens (primary N) is 1. The SMILES string of the molecule is CN(CC1CCCO1)c1ncc(C(N)=NO)cc1[N+](=O)[O-]. The summed E-state index contributed by atoms with van der Waals surface area (Å²) in [6, 6.07) is 1.24. The Hall–Kier alpha value is -2.42. The highest BCUT2D eigenvalue weighted by atomic mass is 16.6. The molecule has 0 aromatic carbocycles. The summed E-state index contributed by atoms with van der Waals surface area (Å²) >= 11 is 0. The molecule has 0 amide bonds. The highest BCUT2D eigenvalue weighted by Gasteiger charge is 2.24. The van der Waals surface area contributed by atoms with Gasteiger partial charge in [-0.2, -0.15) is 0 Å². The molecule has 0 spiro atoms. The lowest BCUT2D eigenvalue weighted by Crippen LogP contribution is -2.30. The van der Waals surface area contributed by atoms with Gasteiger partial charge < -0.3 is 20.6 Å². The number of likely N-dealkylation sites (N-methyl/N-ethyl adjacent to an activating group) is 1. The van der Waals surface area contributed by atoms with E-state index in [1.165, 1.54) is 12.3 Å². The van der Waals surface area contributed by atoms with Crippen LogP contribution < -0.4 is 10.6 Å². The van der Waals surface area contributed by atoms with E-state index < -0.39 is 4.92 Å². The molecular weight excluding hydrogens is 278 g/mol. The summed E-state index contributed by atoms with van der Waals surface area (Å²) in [7, 11) is 1.72. The van der Waals surface area contributed by atoms with Crippen molar-refractivity contribution in [1.29, 1.82) is 0 Å². The van der Waals surface area contributed by atoms with Crippen molar-refractivity contribution in [2.75, 3.05) is 25.1 Å². The minimum Gasteiger partial charge on any atom is -0.409 e. The summed E-state index contributed by atoms with van der Waals surface area (Å²) in [5, 5.41) is 22.6. The first-order chi connectivity index (χ1) is 10.0. The van der Waals surface area contributed by atoms with Gasteiger partial charge in [-0.05, 0) is 12.8 Å². The molecule has 9 nitrogen and oxygen atoms in total. The van der Waals surface area contributed by atoms with Crippen LogP contribution in [0.1, 0.15) is 18.4 Å². The maximum atomic E-state index is 11.2. The van der Waals surface area contributed by atoms with Gasteiger partial charge in [-0.25, -0.2) is 4.98 Å². The van der Waals surface area contributed by atoms with Crippen LogP contribution in [-0.2, 0) is 4.74 Å². The zero-order chi connectivity index (χ0) is 15.4. The molecule has 0 bridgehead atoms. The minimum atomic E-state index is -0.539. The number of nitrogens with zero attached hydrogens (tertiary/aromatic N) is 4. The van der Waals surface area contributed by atoms with E-state index in [1.807, 2.05) is 0 Å². The fraction of sp³-hybridized carbons (Fsp3) is 0.500. The van der Waals surface area contributed by atoms with Gasteiger partial charge in [-0.1, -0.05) is 5.16 Å². The van der Waals surface area contributed by atoms with Crippen molar-refractivity contribution < 1.29 is 14.9 Å². The molecule has 0 aliphatic carbocycles. The van der Waals surface area contributed by atoms with Crippen molar-refractivity contribution in [2.24, 2.45) is 10.9 Å². The van der Waals surface area contributed by atoms with Gasteiger partial charge >= 0.3 is 5.69 Å². The quantitative estimate of drug-likeness (QED) is 0.269. The van der Waals surface area contributed by atoms with Gasteiger partial charge in [0, 0.05) is 38.0 Å². The maximum absolute atomic E-state index is 11.2. The first-order valence-corrected chi connectivity index (χ1v) is 6.48. The third-order valence-corrected chi connectivity index (χ3v) is 3.31.